The summed E-state index contributed by atoms with van der Waals surface area (Å²) in [4.78, 5) is 13.2. The van der Waals surface area contributed by atoms with E-state index in [-0.39, 0.29) is 17.7 Å². The molecule has 2 N–H and O–H groups in total. The Hall–Kier alpha value is -1.75. The number of aromatic hydroxyl groups is 1. The second kappa shape index (κ2) is 5.48. The Morgan fingerprint density at radius 2 is 2.26 bits per heavy atom. The van der Waals surface area contributed by atoms with Gasteiger partial charge in [0.2, 0.25) is 0 Å². The van der Waals surface area contributed by atoms with Crippen LogP contribution in [-0.2, 0) is 11.3 Å². The molecule has 1 aromatic carbocycles. The van der Waals surface area contributed by atoms with Gasteiger partial charge in [-0.15, -0.1) is 0 Å². The highest BCUT2D eigenvalue weighted by molar-refractivity contribution is 5.71. The largest absolute Gasteiger partial charge is 0.504 e. The number of carbonyl (C=O) groups is 1. The van der Waals surface area contributed by atoms with Crippen LogP contribution in [0.5, 0.6) is 11.5 Å². The Morgan fingerprint density at radius 1 is 1.53 bits per heavy atom. The smallest absolute Gasteiger partial charge is 0.308 e. The van der Waals surface area contributed by atoms with Crippen LogP contribution in [0.4, 0.5) is 0 Å². The predicted octanol–water partition coefficient (Wildman–Crippen LogP) is 1.70. The molecule has 0 spiro atoms. The van der Waals surface area contributed by atoms with Crippen LogP contribution in [0.3, 0.4) is 0 Å². The zero-order valence-electron chi connectivity index (χ0n) is 11.2. The zero-order chi connectivity index (χ0) is 14.0. The number of likely N-dealkylation sites (tertiary alicyclic amines) is 1. The van der Waals surface area contributed by atoms with E-state index < -0.39 is 5.97 Å². The van der Waals surface area contributed by atoms with Gasteiger partial charge in [0.15, 0.2) is 11.5 Å². The Balaban J connectivity index is 2.06. The SMILES string of the molecule is COc1ccc(CN2CCC(C(=O)O)C2C)cc1O. The summed E-state index contributed by atoms with van der Waals surface area (Å²) in [6.07, 6.45) is 0.679. The first-order valence-corrected chi connectivity index (χ1v) is 6.35. The van der Waals surface area contributed by atoms with Crippen LogP contribution >= 0.6 is 0 Å². The molecule has 1 fully saturated rings. The Bertz CT molecular complexity index is 475. The lowest BCUT2D eigenvalue weighted by molar-refractivity contribution is -0.142. The minimum absolute atomic E-state index is 0.0155. The molecule has 0 aromatic heterocycles. The van der Waals surface area contributed by atoms with E-state index in [1.165, 1.54) is 7.11 Å². The number of carboxylic acids is 1. The van der Waals surface area contributed by atoms with E-state index in [2.05, 4.69) is 4.90 Å². The van der Waals surface area contributed by atoms with Gasteiger partial charge < -0.3 is 14.9 Å². The topological polar surface area (TPSA) is 70.0 Å². The van der Waals surface area contributed by atoms with Gasteiger partial charge in [-0.05, 0) is 37.6 Å². The Kier molecular flexibility index (Phi) is 3.95. The number of hydrogen-bond donors (Lipinski definition) is 2. The van der Waals surface area contributed by atoms with Crippen molar-refractivity contribution in [3.63, 3.8) is 0 Å². The van der Waals surface area contributed by atoms with Crippen molar-refractivity contribution in [2.45, 2.75) is 25.9 Å². The van der Waals surface area contributed by atoms with E-state index in [9.17, 15) is 9.90 Å². The third-order valence-corrected chi connectivity index (χ3v) is 3.83. The summed E-state index contributed by atoms with van der Waals surface area (Å²) in [6, 6.07) is 5.29. The van der Waals surface area contributed by atoms with Crippen molar-refractivity contribution < 1.29 is 19.7 Å². The molecule has 104 valence electrons. The van der Waals surface area contributed by atoms with Gasteiger partial charge in [-0.25, -0.2) is 0 Å². The number of benzene rings is 1. The van der Waals surface area contributed by atoms with Gasteiger partial charge >= 0.3 is 5.97 Å². The Labute approximate surface area is 112 Å². The van der Waals surface area contributed by atoms with E-state index in [1.54, 1.807) is 12.1 Å². The molecular weight excluding hydrogens is 246 g/mol. The fourth-order valence-corrected chi connectivity index (χ4v) is 2.63. The van der Waals surface area contributed by atoms with Gasteiger partial charge in [0.05, 0.1) is 13.0 Å². The molecule has 19 heavy (non-hydrogen) atoms. The lowest BCUT2D eigenvalue weighted by atomic mass is 10.0. The molecule has 2 unspecified atom stereocenters. The molecule has 1 aromatic rings. The van der Waals surface area contributed by atoms with Crippen molar-refractivity contribution in [3.05, 3.63) is 23.8 Å². The number of nitrogens with zero attached hydrogens (tertiary/aromatic N) is 1. The van der Waals surface area contributed by atoms with Crippen LogP contribution in [0.15, 0.2) is 18.2 Å². The summed E-state index contributed by atoms with van der Waals surface area (Å²) in [5, 5.41) is 18.8. The summed E-state index contributed by atoms with van der Waals surface area (Å²) in [5.41, 5.74) is 0.955. The average molecular weight is 265 g/mol. The van der Waals surface area contributed by atoms with Gasteiger partial charge in [0.1, 0.15) is 0 Å². The summed E-state index contributed by atoms with van der Waals surface area (Å²) < 4.78 is 5.00. The summed E-state index contributed by atoms with van der Waals surface area (Å²) in [6.45, 7) is 3.35. The molecule has 0 amide bonds. The van der Waals surface area contributed by atoms with E-state index in [1.807, 2.05) is 13.0 Å². The molecule has 1 aliphatic heterocycles. The summed E-state index contributed by atoms with van der Waals surface area (Å²) in [7, 11) is 1.51. The van der Waals surface area contributed by atoms with Crippen molar-refractivity contribution in [2.75, 3.05) is 13.7 Å². The number of aliphatic carboxylic acids is 1. The first-order chi connectivity index (χ1) is 9.02. The van der Waals surface area contributed by atoms with Crippen LogP contribution in [0.1, 0.15) is 18.9 Å². The summed E-state index contributed by atoms with van der Waals surface area (Å²) >= 11 is 0. The lowest BCUT2D eigenvalue weighted by Crippen LogP contribution is -2.32. The minimum Gasteiger partial charge on any atom is -0.504 e. The molecule has 0 aliphatic carbocycles. The van der Waals surface area contributed by atoms with E-state index in [4.69, 9.17) is 9.84 Å². The molecule has 2 atom stereocenters. The quantitative estimate of drug-likeness (QED) is 0.867. The number of rotatable bonds is 4. The standard InChI is InChI=1S/C14H19NO4/c1-9-11(14(17)18)5-6-15(9)8-10-3-4-13(19-2)12(16)7-10/h3-4,7,9,11,16H,5-6,8H2,1-2H3,(H,17,18). The second-order valence-electron chi connectivity index (χ2n) is 4.95. The first-order valence-electron chi connectivity index (χ1n) is 6.35. The highest BCUT2D eigenvalue weighted by Crippen LogP contribution is 2.30. The highest BCUT2D eigenvalue weighted by Gasteiger charge is 2.35. The third-order valence-electron chi connectivity index (χ3n) is 3.83. The van der Waals surface area contributed by atoms with Crippen LogP contribution < -0.4 is 4.74 Å². The maximum Gasteiger partial charge on any atom is 0.308 e. The second-order valence-corrected chi connectivity index (χ2v) is 4.95. The van der Waals surface area contributed by atoms with Crippen molar-refractivity contribution in [3.8, 4) is 11.5 Å². The minimum atomic E-state index is -0.729. The number of ether oxygens (including phenoxy) is 1. The number of carboxylic acid groups (broad SMARTS) is 1. The maximum absolute atomic E-state index is 11.1. The first kappa shape index (κ1) is 13.7. The van der Waals surface area contributed by atoms with Crippen molar-refractivity contribution in [1.82, 2.24) is 4.90 Å². The van der Waals surface area contributed by atoms with E-state index in [0.29, 0.717) is 18.7 Å². The van der Waals surface area contributed by atoms with Crippen LogP contribution in [0, 0.1) is 5.92 Å². The normalized spacial score (nSPS) is 23.5. The lowest BCUT2D eigenvalue weighted by Gasteiger charge is -2.23. The van der Waals surface area contributed by atoms with Crippen molar-refractivity contribution in [2.24, 2.45) is 5.92 Å². The number of phenolic OH excluding ortho intramolecular Hbond substituents is 1. The van der Waals surface area contributed by atoms with Gasteiger partial charge in [-0.1, -0.05) is 6.07 Å². The molecule has 0 bridgehead atoms. The van der Waals surface area contributed by atoms with Crippen LogP contribution in [0.25, 0.3) is 0 Å². The molecule has 5 nitrogen and oxygen atoms in total. The summed E-state index contributed by atoms with van der Waals surface area (Å²) in [5.74, 6) is -0.470. The van der Waals surface area contributed by atoms with Crippen LogP contribution in [-0.4, -0.2) is 40.8 Å². The van der Waals surface area contributed by atoms with Crippen molar-refractivity contribution >= 4 is 5.97 Å². The average Bonchev–Trinajstić information content (AvgIpc) is 2.71. The molecule has 1 saturated heterocycles. The number of phenols is 1. The van der Waals surface area contributed by atoms with Crippen molar-refractivity contribution in [1.29, 1.82) is 0 Å². The molecule has 2 rings (SSSR count). The molecular formula is C14H19NO4. The molecule has 1 aliphatic rings. The van der Waals surface area contributed by atoms with E-state index >= 15 is 0 Å². The van der Waals surface area contributed by atoms with Gasteiger partial charge in [0, 0.05) is 12.6 Å². The van der Waals surface area contributed by atoms with Gasteiger partial charge in [-0.3, -0.25) is 9.69 Å². The highest BCUT2D eigenvalue weighted by atomic mass is 16.5. The fraction of sp³-hybridized carbons (Fsp3) is 0.500. The van der Waals surface area contributed by atoms with Crippen LogP contribution in [0.2, 0.25) is 0 Å². The number of methoxy groups -OCH3 is 1. The fourth-order valence-electron chi connectivity index (χ4n) is 2.63. The Morgan fingerprint density at radius 3 is 2.79 bits per heavy atom. The van der Waals surface area contributed by atoms with Gasteiger partial charge in [0.25, 0.3) is 0 Å². The molecule has 0 saturated carbocycles. The maximum atomic E-state index is 11.1. The third kappa shape index (κ3) is 2.81. The molecule has 1 heterocycles. The van der Waals surface area contributed by atoms with E-state index in [0.717, 1.165) is 12.1 Å². The monoisotopic (exact) mass is 265 g/mol. The van der Waals surface area contributed by atoms with Gasteiger partial charge in [-0.2, -0.15) is 0 Å². The number of hydrogen-bond acceptors (Lipinski definition) is 4. The zero-order valence-corrected chi connectivity index (χ0v) is 11.2. The molecule has 5 heteroatoms. The predicted molar refractivity (Wildman–Crippen MR) is 70.3 cm³/mol. The molecule has 0 radical (unpaired) electrons.